The van der Waals surface area contributed by atoms with Gasteiger partial charge in [-0.15, -0.1) is 0 Å². The number of morpholine rings is 1. The second-order valence-corrected chi connectivity index (χ2v) is 6.20. The number of carbonyl (C=O) groups excluding carboxylic acids is 1. The van der Waals surface area contributed by atoms with Crippen LogP contribution >= 0.6 is 0 Å². The number of hydrogen-bond donors (Lipinski definition) is 0. The Morgan fingerprint density at radius 2 is 2.00 bits per heavy atom. The van der Waals surface area contributed by atoms with Gasteiger partial charge in [0.1, 0.15) is 0 Å². The van der Waals surface area contributed by atoms with Crippen LogP contribution in [0.1, 0.15) is 34.3 Å². The molecule has 0 amide bonds. The van der Waals surface area contributed by atoms with Crippen LogP contribution in [0.2, 0.25) is 0 Å². The van der Waals surface area contributed by atoms with Crippen LogP contribution in [0.3, 0.4) is 0 Å². The highest BCUT2D eigenvalue weighted by atomic mass is 16.5. The molecule has 2 fully saturated rings. The Kier molecular flexibility index (Phi) is 3.79. The van der Waals surface area contributed by atoms with E-state index in [1.165, 1.54) is 0 Å². The summed E-state index contributed by atoms with van der Waals surface area (Å²) in [7, 11) is 2.12. The Labute approximate surface area is 125 Å². The van der Waals surface area contributed by atoms with Gasteiger partial charge >= 0.3 is 0 Å². The summed E-state index contributed by atoms with van der Waals surface area (Å²) in [4.78, 5) is 15.2. The maximum Gasteiger partial charge on any atom is 0.167 e. The predicted octanol–water partition coefficient (Wildman–Crippen LogP) is 2.16. The normalized spacial score (nSPS) is 28.9. The minimum absolute atomic E-state index is 0.00917. The van der Waals surface area contributed by atoms with Crippen LogP contribution in [0, 0.1) is 24.2 Å². The van der Waals surface area contributed by atoms with Gasteiger partial charge in [0.25, 0.3) is 0 Å². The first kappa shape index (κ1) is 14.2. The van der Waals surface area contributed by atoms with Crippen molar-refractivity contribution in [3.05, 3.63) is 34.9 Å². The summed E-state index contributed by atoms with van der Waals surface area (Å²) in [6.45, 7) is 3.35. The van der Waals surface area contributed by atoms with E-state index < -0.39 is 0 Å². The number of rotatable bonds is 2. The van der Waals surface area contributed by atoms with Crippen molar-refractivity contribution in [1.29, 1.82) is 5.26 Å². The van der Waals surface area contributed by atoms with Crippen molar-refractivity contribution in [2.45, 2.75) is 31.8 Å². The number of aryl methyl sites for hydroxylation is 1. The zero-order valence-corrected chi connectivity index (χ0v) is 12.5. The maximum absolute atomic E-state index is 12.8. The number of carbonyl (C=O) groups is 1. The van der Waals surface area contributed by atoms with Crippen molar-refractivity contribution in [2.24, 2.45) is 5.92 Å². The molecule has 2 aliphatic heterocycles. The van der Waals surface area contributed by atoms with E-state index in [1.807, 2.05) is 13.0 Å². The Hall–Kier alpha value is -1.70. The number of piperidine rings is 1. The molecule has 0 aliphatic carbocycles. The molecule has 2 aliphatic rings. The number of benzene rings is 1. The number of ether oxygens (including phenoxy) is 1. The van der Waals surface area contributed by atoms with Crippen molar-refractivity contribution in [3.8, 4) is 6.07 Å². The van der Waals surface area contributed by atoms with Crippen molar-refractivity contribution in [3.63, 3.8) is 0 Å². The first-order valence-electron chi connectivity index (χ1n) is 7.44. The Bertz CT molecular complexity index is 591. The molecule has 3 rings (SSSR count). The second-order valence-electron chi connectivity index (χ2n) is 6.20. The number of hydrogen-bond acceptors (Lipinski definition) is 4. The van der Waals surface area contributed by atoms with E-state index in [9.17, 15) is 10.1 Å². The highest BCUT2D eigenvalue weighted by molar-refractivity contribution is 6.00. The maximum atomic E-state index is 12.8. The molecule has 2 atom stereocenters. The SMILES string of the molecule is Cc1ccc(C(=O)C2CC3COCC(C2)N3C)c(C#N)c1. The minimum atomic E-state index is 0.00917. The molecule has 110 valence electrons. The minimum Gasteiger partial charge on any atom is -0.378 e. The first-order valence-corrected chi connectivity index (χ1v) is 7.44. The standard InChI is InChI=1S/C17H20N2O2/c1-11-3-4-16(13(5-11)8-18)17(20)12-6-14-9-21-10-15(7-12)19(14)2/h3-5,12,14-15H,6-7,9-10H2,1-2H3. The third-order valence-electron chi connectivity index (χ3n) is 4.82. The average Bonchev–Trinajstić information content (AvgIpc) is 2.46. The smallest absolute Gasteiger partial charge is 0.167 e. The lowest BCUT2D eigenvalue weighted by Gasteiger charge is -2.46. The number of nitrogens with zero attached hydrogens (tertiary/aromatic N) is 2. The Morgan fingerprint density at radius 3 is 2.62 bits per heavy atom. The fourth-order valence-corrected chi connectivity index (χ4v) is 3.49. The van der Waals surface area contributed by atoms with E-state index in [1.54, 1.807) is 12.1 Å². The number of nitriles is 1. The molecule has 1 aromatic rings. The monoisotopic (exact) mass is 284 g/mol. The second kappa shape index (κ2) is 5.59. The molecule has 2 saturated heterocycles. The topological polar surface area (TPSA) is 53.3 Å². The number of Topliss-reactive ketones (excluding diaryl/α,β-unsaturated/α-hetero) is 1. The van der Waals surface area contributed by atoms with Gasteiger partial charge in [-0.25, -0.2) is 0 Å². The first-order chi connectivity index (χ1) is 10.1. The van der Waals surface area contributed by atoms with Crippen LogP contribution in [-0.4, -0.2) is 43.0 Å². The molecule has 0 aromatic heterocycles. The highest BCUT2D eigenvalue weighted by Gasteiger charge is 2.39. The molecule has 0 radical (unpaired) electrons. The highest BCUT2D eigenvalue weighted by Crippen LogP contribution is 2.33. The van der Waals surface area contributed by atoms with E-state index in [2.05, 4.69) is 18.0 Å². The molecule has 2 bridgehead atoms. The van der Waals surface area contributed by atoms with E-state index >= 15 is 0 Å². The number of ketones is 1. The van der Waals surface area contributed by atoms with Crippen LogP contribution in [-0.2, 0) is 4.74 Å². The van der Waals surface area contributed by atoms with Crippen LogP contribution in [0.15, 0.2) is 18.2 Å². The molecule has 2 heterocycles. The van der Waals surface area contributed by atoms with E-state index in [0.717, 1.165) is 18.4 Å². The van der Waals surface area contributed by atoms with Crippen molar-refractivity contribution in [2.75, 3.05) is 20.3 Å². The lowest BCUT2D eigenvalue weighted by Crippen LogP contribution is -2.55. The van der Waals surface area contributed by atoms with Crippen molar-refractivity contribution < 1.29 is 9.53 Å². The van der Waals surface area contributed by atoms with Crippen LogP contribution in [0.5, 0.6) is 0 Å². The summed E-state index contributed by atoms with van der Waals surface area (Å²) in [5.74, 6) is 0.131. The Balaban J connectivity index is 1.85. The lowest BCUT2D eigenvalue weighted by molar-refractivity contribution is -0.0702. The van der Waals surface area contributed by atoms with Gasteiger partial charge in [-0.3, -0.25) is 9.69 Å². The summed E-state index contributed by atoms with van der Waals surface area (Å²) in [6, 6.07) is 8.32. The Morgan fingerprint density at radius 1 is 1.33 bits per heavy atom. The van der Waals surface area contributed by atoms with Crippen LogP contribution in [0.4, 0.5) is 0 Å². The van der Waals surface area contributed by atoms with E-state index in [4.69, 9.17) is 4.74 Å². The quantitative estimate of drug-likeness (QED) is 0.781. The van der Waals surface area contributed by atoms with E-state index in [-0.39, 0.29) is 11.7 Å². The van der Waals surface area contributed by atoms with Gasteiger partial charge in [-0.2, -0.15) is 5.26 Å². The largest absolute Gasteiger partial charge is 0.378 e. The molecule has 4 nitrogen and oxygen atoms in total. The van der Waals surface area contributed by atoms with Gasteiger partial charge in [0.05, 0.1) is 24.8 Å². The summed E-state index contributed by atoms with van der Waals surface area (Å²) >= 11 is 0. The molecule has 21 heavy (non-hydrogen) atoms. The molecule has 0 spiro atoms. The zero-order chi connectivity index (χ0) is 15.0. The average molecular weight is 284 g/mol. The summed E-state index contributed by atoms with van der Waals surface area (Å²) < 4.78 is 5.60. The summed E-state index contributed by atoms with van der Waals surface area (Å²) in [5, 5.41) is 9.26. The fraction of sp³-hybridized carbons (Fsp3) is 0.529. The van der Waals surface area contributed by atoms with Crippen molar-refractivity contribution in [1.82, 2.24) is 4.90 Å². The van der Waals surface area contributed by atoms with Gasteiger partial charge in [-0.05, 0) is 44.5 Å². The molecule has 1 aromatic carbocycles. The number of fused-ring (bicyclic) bond motifs is 2. The fourth-order valence-electron chi connectivity index (χ4n) is 3.49. The van der Waals surface area contributed by atoms with Gasteiger partial charge in [0.15, 0.2) is 5.78 Å². The van der Waals surface area contributed by atoms with Gasteiger partial charge in [0.2, 0.25) is 0 Å². The van der Waals surface area contributed by atoms with Crippen molar-refractivity contribution >= 4 is 5.78 Å². The zero-order valence-electron chi connectivity index (χ0n) is 12.5. The van der Waals surface area contributed by atoms with Gasteiger partial charge in [-0.1, -0.05) is 6.07 Å². The molecule has 4 heteroatoms. The molecular formula is C17H20N2O2. The summed E-state index contributed by atoms with van der Waals surface area (Å²) in [5.41, 5.74) is 2.09. The molecule has 0 N–H and O–H groups in total. The molecular weight excluding hydrogens is 264 g/mol. The van der Waals surface area contributed by atoms with Gasteiger partial charge < -0.3 is 4.74 Å². The molecule has 0 saturated carbocycles. The van der Waals surface area contributed by atoms with E-state index in [0.29, 0.717) is 36.4 Å². The lowest BCUT2D eigenvalue weighted by atomic mass is 9.80. The third-order valence-corrected chi connectivity index (χ3v) is 4.82. The van der Waals surface area contributed by atoms with Crippen LogP contribution < -0.4 is 0 Å². The summed E-state index contributed by atoms with van der Waals surface area (Å²) in [6.07, 6.45) is 1.65. The number of likely N-dealkylation sites (N-methyl/N-ethyl adjacent to an activating group) is 1. The van der Waals surface area contributed by atoms with Crippen LogP contribution in [0.25, 0.3) is 0 Å². The third kappa shape index (κ3) is 2.59. The molecule has 2 unspecified atom stereocenters. The predicted molar refractivity (Wildman–Crippen MR) is 79.1 cm³/mol. The van der Waals surface area contributed by atoms with Gasteiger partial charge in [0, 0.05) is 23.6 Å².